The zero-order chi connectivity index (χ0) is 35.8. The van der Waals surface area contributed by atoms with Gasteiger partial charge in [-0.05, 0) is 80.8 Å². The third kappa shape index (κ3) is 7.59. The van der Waals surface area contributed by atoms with Crippen molar-refractivity contribution in [2.24, 2.45) is 5.92 Å². The first-order valence-corrected chi connectivity index (χ1v) is 17.0. The number of rotatable bonds is 8. The van der Waals surface area contributed by atoms with Crippen LogP contribution in [-0.2, 0) is 19.1 Å². The summed E-state index contributed by atoms with van der Waals surface area (Å²) in [5, 5.41) is 2.53. The molecule has 3 aromatic rings. The van der Waals surface area contributed by atoms with Crippen LogP contribution in [0.3, 0.4) is 0 Å². The smallest absolute Gasteiger partial charge is 0.444 e. The molecule has 0 radical (unpaired) electrons. The Labute approximate surface area is 290 Å². The minimum absolute atomic E-state index is 0.0572. The molecule has 2 aliphatic heterocycles. The van der Waals surface area contributed by atoms with Crippen LogP contribution in [0, 0.1) is 5.92 Å². The van der Waals surface area contributed by atoms with E-state index in [1.807, 2.05) is 48.5 Å². The van der Waals surface area contributed by atoms with Gasteiger partial charge in [-0.3, -0.25) is 19.3 Å². The third-order valence-corrected chi connectivity index (χ3v) is 9.11. The molecule has 12 heteroatoms. The molecule has 10 nitrogen and oxygen atoms in total. The summed E-state index contributed by atoms with van der Waals surface area (Å²) >= 11 is 0. The number of carbonyl (C=O) groups excluding carboxylic acids is 4. The SMILES string of the molecule is CC(=O)NCCN1C(=O)C(F)(F)Oc2ccc(N(C(=O)[C@H]3CN(C(=O)OC(C)(C)C)CC[C@@H]3c3cccc(-c4ccccc4)c3)C3CC3)cc21. The summed E-state index contributed by atoms with van der Waals surface area (Å²) < 4.78 is 39.7. The molecule has 1 saturated carbocycles. The number of piperidine rings is 1. The summed E-state index contributed by atoms with van der Waals surface area (Å²) in [5.41, 5.74) is 2.81. The van der Waals surface area contributed by atoms with Gasteiger partial charge in [0.25, 0.3) is 0 Å². The second kappa shape index (κ2) is 13.7. The molecule has 1 saturated heterocycles. The minimum atomic E-state index is -4.09. The van der Waals surface area contributed by atoms with Gasteiger partial charge in [-0.2, -0.15) is 8.78 Å². The lowest BCUT2D eigenvalue weighted by Crippen LogP contribution is -2.53. The summed E-state index contributed by atoms with van der Waals surface area (Å²) in [6.07, 6.45) is -2.60. The van der Waals surface area contributed by atoms with Crippen LogP contribution in [0.1, 0.15) is 58.4 Å². The molecule has 0 unspecified atom stereocenters. The maximum absolute atomic E-state index is 14.9. The van der Waals surface area contributed by atoms with E-state index in [0.717, 1.165) is 34.4 Å². The van der Waals surface area contributed by atoms with E-state index in [0.29, 0.717) is 18.7 Å². The van der Waals surface area contributed by atoms with Crippen LogP contribution in [-0.4, -0.2) is 72.6 Å². The predicted molar refractivity (Wildman–Crippen MR) is 184 cm³/mol. The fraction of sp³-hybridized carbons (Fsp3) is 0.421. The number of ether oxygens (including phenoxy) is 2. The molecule has 3 aliphatic rings. The van der Waals surface area contributed by atoms with Crippen molar-refractivity contribution >= 4 is 35.2 Å². The summed E-state index contributed by atoms with van der Waals surface area (Å²) in [7, 11) is 0. The number of nitrogens with one attached hydrogen (secondary N) is 1. The Hall–Kier alpha value is -5.00. The highest BCUT2D eigenvalue weighted by molar-refractivity contribution is 6.03. The van der Waals surface area contributed by atoms with Crippen molar-refractivity contribution in [1.82, 2.24) is 10.2 Å². The van der Waals surface area contributed by atoms with Crippen molar-refractivity contribution in [2.75, 3.05) is 36.0 Å². The molecular weight excluding hydrogens is 646 g/mol. The number of halogens is 2. The predicted octanol–water partition coefficient (Wildman–Crippen LogP) is 6.34. The fourth-order valence-electron chi connectivity index (χ4n) is 6.67. The van der Waals surface area contributed by atoms with Gasteiger partial charge < -0.3 is 24.6 Å². The number of benzene rings is 3. The van der Waals surface area contributed by atoms with E-state index < -0.39 is 29.6 Å². The monoisotopic (exact) mass is 688 g/mol. The Kier molecular flexibility index (Phi) is 9.56. The van der Waals surface area contributed by atoms with Crippen LogP contribution in [0.5, 0.6) is 5.75 Å². The molecule has 1 aliphatic carbocycles. The number of hydrogen-bond acceptors (Lipinski definition) is 6. The van der Waals surface area contributed by atoms with Gasteiger partial charge in [-0.15, -0.1) is 0 Å². The lowest BCUT2D eigenvalue weighted by atomic mass is 9.79. The molecule has 264 valence electrons. The molecule has 2 heterocycles. The largest absolute Gasteiger partial charge is 0.482 e. The van der Waals surface area contributed by atoms with Crippen molar-refractivity contribution in [3.63, 3.8) is 0 Å². The first-order chi connectivity index (χ1) is 23.7. The number of alkyl halides is 2. The number of nitrogens with zero attached hydrogens (tertiary/aromatic N) is 3. The molecule has 6 rings (SSSR count). The molecule has 4 amide bonds. The lowest BCUT2D eigenvalue weighted by Gasteiger charge is -2.41. The average Bonchev–Trinajstić information content (AvgIpc) is 3.91. The normalized spacial score (nSPS) is 20.0. The van der Waals surface area contributed by atoms with E-state index in [1.54, 1.807) is 36.6 Å². The zero-order valence-electron chi connectivity index (χ0n) is 28.7. The molecule has 3 aromatic carbocycles. The first kappa shape index (κ1) is 34.8. The van der Waals surface area contributed by atoms with Gasteiger partial charge >= 0.3 is 18.1 Å². The molecule has 1 N–H and O–H groups in total. The topological polar surface area (TPSA) is 108 Å². The highest BCUT2D eigenvalue weighted by Gasteiger charge is 2.51. The quantitative estimate of drug-likeness (QED) is 0.296. The summed E-state index contributed by atoms with van der Waals surface area (Å²) in [6, 6.07) is 22.3. The first-order valence-electron chi connectivity index (χ1n) is 17.0. The Morgan fingerprint density at radius 3 is 2.38 bits per heavy atom. The Balaban J connectivity index is 1.36. The Bertz CT molecular complexity index is 1770. The molecular formula is C38H42F2N4O6. The van der Waals surface area contributed by atoms with E-state index in [1.165, 1.54) is 19.1 Å². The maximum Gasteiger partial charge on any atom is 0.482 e. The number of carbonyl (C=O) groups is 4. The highest BCUT2D eigenvalue weighted by atomic mass is 19.3. The van der Waals surface area contributed by atoms with Crippen LogP contribution >= 0.6 is 0 Å². The number of amides is 4. The van der Waals surface area contributed by atoms with Gasteiger partial charge in [-0.25, -0.2) is 4.79 Å². The van der Waals surface area contributed by atoms with Crippen molar-refractivity contribution in [1.29, 1.82) is 0 Å². The summed E-state index contributed by atoms with van der Waals surface area (Å²) in [6.45, 7) is 6.92. The van der Waals surface area contributed by atoms with Crippen LogP contribution in [0.15, 0.2) is 72.8 Å². The number of likely N-dealkylation sites (tertiary alicyclic amines) is 1. The Morgan fingerprint density at radius 2 is 1.70 bits per heavy atom. The second-order valence-corrected chi connectivity index (χ2v) is 14.1. The number of fused-ring (bicyclic) bond motifs is 1. The van der Waals surface area contributed by atoms with Crippen molar-refractivity contribution < 1.29 is 37.4 Å². The molecule has 0 spiro atoms. The average molecular weight is 689 g/mol. The van der Waals surface area contributed by atoms with E-state index >= 15 is 0 Å². The zero-order valence-corrected chi connectivity index (χ0v) is 28.7. The van der Waals surface area contributed by atoms with Gasteiger partial charge in [0, 0.05) is 44.8 Å². The molecule has 50 heavy (non-hydrogen) atoms. The van der Waals surface area contributed by atoms with Crippen molar-refractivity contribution in [2.45, 2.75) is 70.6 Å². The van der Waals surface area contributed by atoms with E-state index in [-0.39, 0.29) is 54.8 Å². The van der Waals surface area contributed by atoms with Crippen molar-refractivity contribution in [3.05, 3.63) is 78.4 Å². The van der Waals surface area contributed by atoms with E-state index in [2.05, 4.69) is 11.4 Å². The Morgan fingerprint density at radius 1 is 0.980 bits per heavy atom. The minimum Gasteiger partial charge on any atom is -0.444 e. The van der Waals surface area contributed by atoms with Crippen LogP contribution in [0.4, 0.5) is 25.0 Å². The van der Waals surface area contributed by atoms with Gasteiger partial charge in [-0.1, -0.05) is 54.6 Å². The maximum atomic E-state index is 14.9. The molecule has 2 atom stereocenters. The summed E-state index contributed by atoms with van der Waals surface area (Å²) in [4.78, 5) is 56.7. The molecule has 0 bridgehead atoms. The van der Waals surface area contributed by atoms with Gasteiger partial charge in [0.2, 0.25) is 11.8 Å². The second-order valence-electron chi connectivity index (χ2n) is 14.1. The van der Waals surface area contributed by atoms with E-state index in [4.69, 9.17) is 9.47 Å². The van der Waals surface area contributed by atoms with Crippen LogP contribution in [0.25, 0.3) is 11.1 Å². The fourth-order valence-corrected chi connectivity index (χ4v) is 6.67. The number of hydrogen-bond donors (Lipinski definition) is 1. The molecule has 0 aromatic heterocycles. The third-order valence-electron chi connectivity index (χ3n) is 9.11. The lowest BCUT2D eigenvalue weighted by molar-refractivity contribution is -0.192. The van der Waals surface area contributed by atoms with Crippen LogP contribution in [0.2, 0.25) is 0 Å². The standard InChI is InChI=1S/C38H42F2N4O6/c1-24(45)41-18-20-43-32-22-29(15-16-33(32)49-38(39,40)35(43)47)44(28-13-14-28)34(46)31-23-42(36(48)50-37(2,3)4)19-17-30(31)27-12-8-11-26(21-27)25-9-6-5-7-10-25/h5-12,15-16,21-22,28,30-31H,13-14,17-20,23H2,1-4H3,(H,41,45)/t30-,31+/m1/s1. The number of anilines is 2. The molecule has 2 fully saturated rings. The van der Waals surface area contributed by atoms with E-state index in [9.17, 15) is 28.0 Å². The van der Waals surface area contributed by atoms with Gasteiger partial charge in [0.05, 0.1) is 11.6 Å². The summed E-state index contributed by atoms with van der Waals surface area (Å²) in [5.74, 6) is -3.25. The van der Waals surface area contributed by atoms with Crippen LogP contribution < -0.4 is 19.9 Å². The van der Waals surface area contributed by atoms with Gasteiger partial charge in [0.1, 0.15) is 5.60 Å². The van der Waals surface area contributed by atoms with Gasteiger partial charge in [0.15, 0.2) is 5.75 Å². The van der Waals surface area contributed by atoms with Crippen molar-refractivity contribution in [3.8, 4) is 16.9 Å². The highest BCUT2D eigenvalue weighted by Crippen LogP contribution is 2.45.